The van der Waals surface area contributed by atoms with Gasteiger partial charge in [-0.05, 0) is 16.7 Å². The molecule has 0 saturated heterocycles. The molecule has 5 rings (SSSR count). The van der Waals surface area contributed by atoms with E-state index in [1.165, 1.54) is 0 Å². The molecule has 3 aromatic carbocycles. The molecule has 3 atom stereocenters. The van der Waals surface area contributed by atoms with E-state index >= 15 is 0 Å². The van der Waals surface area contributed by atoms with Crippen LogP contribution in [0.15, 0.2) is 104 Å². The molecule has 5 heteroatoms. The Bertz CT molecular complexity index is 1120. The highest BCUT2D eigenvalue weighted by atomic mass is 16.5. The van der Waals surface area contributed by atoms with Gasteiger partial charge in [-0.25, -0.2) is 4.98 Å². The maximum Gasteiger partial charge on any atom is 0.128 e. The molecule has 0 bridgehead atoms. The van der Waals surface area contributed by atoms with Crippen LogP contribution in [0.3, 0.4) is 0 Å². The van der Waals surface area contributed by atoms with Crippen molar-refractivity contribution in [1.29, 1.82) is 0 Å². The third kappa shape index (κ3) is 5.22. The Morgan fingerprint density at radius 2 is 1.21 bits per heavy atom. The Hall–Kier alpha value is -3.25. The van der Waals surface area contributed by atoms with Crippen LogP contribution in [0.2, 0.25) is 0 Å². The van der Waals surface area contributed by atoms with Crippen molar-refractivity contribution in [2.24, 2.45) is 0 Å². The van der Waals surface area contributed by atoms with E-state index in [2.05, 4.69) is 45.9 Å². The van der Waals surface area contributed by atoms with Crippen LogP contribution in [-0.2, 0) is 34.0 Å². The number of fused-ring (bicyclic) bond motifs is 1. The molecule has 0 unspecified atom stereocenters. The van der Waals surface area contributed by atoms with Crippen LogP contribution in [0.5, 0.6) is 0 Å². The number of rotatable bonds is 10. The molecule has 0 fully saturated rings. The molecule has 1 aliphatic rings. The molecule has 0 amide bonds. The van der Waals surface area contributed by atoms with Gasteiger partial charge in [0.1, 0.15) is 12.2 Å². The average molecular weight is 441 g/mol. The SMILES string of the molecule is c1ccc(COC[C@H]2[C@H](OCc3ccccc3)[C@H](OCc3ccccc3)c3cncn32)cc1. The first-order valence-electron chi connectivity index (χ1n) is 11.3. The summed E-state index contributed by atoms with van der Waals surface area (Å²) in [4.78, 5) is 4.39. The molecule has 1 aromatic heterocycles. The molecule has 0 spiro atoms. The normalized spacial score (nSPS) is 19.5. The van der Waals surface area contributed by atoms with Crippen molar-refractivity contribution < 1.29 is 14.2 Å². The van der Waals surface area contributed by atoms with Crippen molar-refractivity contribution in [2.75, 3.05) is 6.61 Å². The van der Waals surface area contributed by atoms with Gasteiger partial charge in [-0.2, -0.15) is 0 Å². The van der Waals surface area contributed by atoms with E-state index in [4.69, 9.17) is 14.2 Å². The smallest absolute Gasteiger partial charge is 0.128 e. The fourth-order valence-corrected chi connectivity index (χ4v) is 4.29. The fraction of sp³-hybridized carbons (Fsp3) is 0.250. The Labute approximate surface area is 194 Å². The number of hydrogen-bond donors (Lipinski definition) is 0. The van der Waals surface area contributed by atoms with E-state index in [0.29, 0.717) is 26.4 Å². The van der Waals surface area contributed by atoms with Crippen LogP contribution >= 0.6 is 0 Å². The molecule has 0 aliphatic carbocycles. The summed E-state index contributed by atoms with van der Waals surface area (Å²) >= 11 is 0. The predicted molar refractivity (Wildman–Crippen MR) is 126 cm³/mol. The summed E-state index contributed by atoms with van der Waals surface area (Å²) < 4.78 is 21.2. The molecule has 5 nitrogen and oxygen atoms in total. The molecule has 0 radical (unpaired) electrons. The second-order valence-corrected chi connectivity index (χ2v) is 8.27. The van der Waals surface area contributed by atoms with Crippen molar-refractivity contribution >= 4 is 0 Å². The third-order valence-electron chi connectivity index (χ3n) is 5.98. The van der Waals surface area contributed by atoms with Crippen LogP contribution in [0.4, 0.5) is 0 Å². The largest absolute Gasteiger partial charge is 0.375 e. The lowest BCUT2D eigenvalue weighted by Crippen LogP contribution is -2.29. The fourth-order valence-electron chi connectivity index (χ4n) is 4.29. The number of nitrogens with zero attached hydrogens (tertiary/aromatic N) is 2. The van der Waals surface area contributed by atoms with Crippen LogP contribution in [0, 0.1) is 0 Å². The van der Waals surface area contributed by atoms with Gasteiger partial charge in [-0.3, -0.25) is 0 Å². The number of imidazole rings is 1. The maximum atomic E-state index is 6.49. The zero-order valence-electron chi connectivity index (χ0n) is 18.5. The second kappa shape index (κ2) is 10.6. The van der Waals surface area contributed by atoms with Gasteiger partial charge in [-0.15, -0.1) is 0 Å². The van der Waals surface area contributed by atoms with E-state index in [0.717, 1.165) is 22.4 Å². The highest BCUT2D eigenvalue weighted by Gasteiger charge is 2.43. The Balaban J connectivity index is 1.32. The third-order valence-corrected chi connectivity index (χ3v) is 5.98. The van der Waals surface area contributed by atoms with E-state index in [1.54, 1.807) is 0 Å². The summed E-state index contributed by atoms with van der Waals surface area (Å²) in [5.74, 6) is 0. The Morgan fingerprint density at radius 1 is 0.667 bits per heavy atom. The van der Waals surface area contributed by atoms with Gasteiger partial charge >= 0.3 is 0 Å². The van der Waals surface area contributed by atoms with Gasteiger partial charge < -0.3 is 18.8 Å². The molecule has 168 valence electrons. The second-order valence-electron chi connectivity index (χ2n) is 8.27. The average Bonchev–Trinajstić information content (AvgIpc) is 3.45. The van der Waals surface area contributed by atoms with E-state index in [9.17, 15) is 0 Å². The lowest BCUT2D eigenvalue weighted by Gasteiger charge is -2.26. The minimum Gasteiger partial charge on any atom is -0.375 e. The van der Waals surface area contributed by atoms with Gasteiger partial charge in [0.15, 0.2) is 0 Å². The van der Waals surface area contributed by atoms with Crippen LogP contribution in [0.25, 0.3) is 0 Å². The summed E-state index contributed by atoms with van der Waals surface area (Å²) in [6.45, 7) is 2.11. The molecule has 1 aliphatic heterocycles. The summed E-state index contributed by atoms with van der Waals surface area (Å²) in [6.07, 6.45) is 3.34. The molecule has 0 saturated carbocycles. The number of ether oxygens (including phenoxy) is 3. The quantitative estimate of drug-likeness (QED) is 0.327. The van der Waals surface area contributed by atoms with Crippen molar-refractivity contribution in [3.05, 3.63) is 126 Å². The van der Waals surface area contributed by atoms with Gasteiger partial charge in [0.05, 0.1) is 50.7 Å². The summed E-state index contributed by atoms with van der Waals surface area (Å²) in [5.41, 5.74) is 4.45. The minimum atomic E-state index is -0.221. The lowest BCUT2D eigenvalue weighted by molar-refractivity contribution is -0.101. The Morgan fingerprint density at radius 3 is 1.82 bits per heavy atom. The van der Waals surface area contributed by atoms with Crippen LogP contribution in [-0.4, -0.2) is 22.3 Å². The molecule has 4 aromatic rings. The molecule has 33 heavy (non-hydrogen) atoms. The van der Waals surface area contributed by atoms with Crippen molar-refractivity contribution in [3.63, 3.8) is 0 Å². The molecule has 2 heterocycles. The summed E-state index contributed by atoms with van der Waals surface area (Å²) in [5, 5.41) is 0. The van der Waals surface area contributed by atoms with E-state index in [1.807, 2.05) is 67.1 Å². The first-order valence-corrected chi connectivity index (χ1v) is 11.3. The highest BCUT2D eigenvalue weighted by molar-refractivity contribution is 5.19. The standard InChI is InChI=1S/C28H28N2O3/c1-4-10-22(11-5-1)17-31-20-26-28(33-19-24-14-8-3-9-15-24)27(25-16-29-21-30(25)26)32-18-23-12-6-2-7-13-23/h1-16,21,26-28H,17-20H2/t26-,27+,28-/m0/s1. The van der Waals surface area contributed by atoms with Crippen LogP contribution in [0.1, 0.15) is 34.5 Å². The first kappa shape index (κ1) is 21.6. The molecule has 0 N–H and O–H groups in total. The minimum absolute atomic E-state index is 0.0179. The topological polar surface area (TPSA) is 45.5 Å². The summed E-state index contributed by atoms with van der Waals surface area (Å²) in [6, 6.07) is 30.7. The Kier molecular flexibility index (Phi) is 6.92. The molecular weight excluding hydrogens is 412 g/mol. The van der Waals surface area contributed by atoms with Gasteiger partial charge in [0.2, 0.25) is 0 Å². The van der Waals surface area contributed by atoms with Crippen molar-refractivity contribution in [2.45, 2.75) is 38.1 Å². The predicted octanol–water partition coefficient (Wildman–Crippen LogP) is 5.50. The maximum absolute atomic E-state index is 6.49. The van der Waals surface area contributed by atoms with Gasteiger partial charge in [0, 0.05) is 0 Å². The number of benzene rings is 3. The van der Waals surface area contributed by atoms with Gasteiger partial charge in [-0.1, -0.05) is 91.0 Å². The zero-order valence-corrected chi connectivity index (χ0v) is 18.5. The lowest BCUT2D eigenvalue weighted by atomic mass is 10.1. The van der Waals surface area contributed by atoms with Crippen molar-refractivity contribution in [1.82, 2.24) is 9.55 Å². The van der Waals surface area contributed by atoms with Crippen LogP contribution < -0.4 is 0 Å². The van der Waals surface area contributed by atoms with Crippen molar-refractivity contribution in [3.8, 4) is 0 Å². The summed E-state index contributed by atoms with van der Waals surface area (Å²) in [7, 11) is 0. The highest BCUT2D eigenvalue weighted by Crippen LogP contribution is 2.40. The zero-order chi connectivity index (χ0) is 22.3. The monoisotopic (exact) mass is 440 g/mol. The van der Waals surface area contributed by atoms with Gasteiger partial charge in [0.25, 0.3) is 0 Å². The number of hydrogen-bond acceptors (Lipinski definition) is 4. The van der Waals surface area contributed by atoms with E-state index in [-0.39, 0.29) is 18.2 Å². The van der Waals surface area contributed by atoms with E-state index < -0.39 is 0 Å². The molecular formula is C28H28N2O3. The first-order chi connectivity index (χ1) is 16.4. The number of aromatic nitrogens is 2.